The Bertz CT molecular complexity index is 689. The van der Waals surface area contributed by atoms with Crippen molar-refractivity contribution in [3.63, 3.8) is 0 Å². The first-order valence-electron chi connectivity index (χ1n) is 9.12. The quantitative estimate of drug-likeness (QED) is 0.877. The van der Waals surface area contributed by atoms with E-state index in [1.165, 1.54) is 17.0 Å². The van der Waals surface area contributed by atoms with E-state index in [-0.39, 0.29) is 23.8 Å². The third-order valence-corrected chi connectivity index (χ3v) is 5.69. The molecule has 2 amide bonds. The summed E-state index contributed by atoms with van der Waals surface area (Å²) < 4.78 is 13.5. The molecule has 0 aliphatic carbocycles. The van der Waals surface area contributed by atoms with Crippen molar-refractivity contribution in [3.05, 3.63) is 35.1 Å². The van der Waals surface area contributed by atoms with Crippen LogP contribution < -0.4 is 0 Å². The zero-order valence-corrected chi connectivity index (χ0v) is 15.3. The number of carbonyl (C=O) groups is 2. The number of carboxylic acid groups (broad SMARTS) is 1. The topological polar surface area (TPSA) is 64.1 Å². The van der Waals surface area contributed by atoms with E-state index < -0.39 is 6.09 Å². The fraction of sp³-hybridized carbons (Fsp3) is 0.579. The van der Waals surface area contributed by atoms with Gasteiger partial charge in [0.05, 0.1) is 6.04 Å². The van der Waals surface area contributed by atoms with Crippen molar-refractivity contribution in [1.29, 1.82) is 0 Å². The lowest BCUT2D eigenvalue weighted by Crippen LogP contribution is -2.55. The number of piperazine rings is 1. The van der Waals surface area contributed by atoms with Crippen molar-refractivity contribution in [3.8, 4) is 0 Å². The van der Waals surface area contributed by atoms with Gasteiger partial charge in [-0.1, -0.05) is 6.07 Å². The van der Waals surface area contributed by atoms with Crippen molar-refractivity contribution in [2.45, 2.75) is 38.8 Å². The Morgan fingerprint density at radius 3 is 2.42 bits per heavy atom. The second-order valence-electron chi connectivity index (χ2n) is 7.21. The van der Waals surface area contributed by atoms with Crippen LogP contribution in [0.15, 0.2) is 18.2 Å². The Kier molecular flexibility index (Phi) is 5.46. The number of hydrogen-bond donors (Lipinski definition) is 1. The van der Waals surface area contributed by atoms with E-state index in [4.69, 9.17) is 0 Å². The Morgan fingerprint density at radius 1 is 1.15 bits per heavy atom. The smallest absolute Gasteiger partial charge is 0.407 e. The van der Waals surface area contributed by atoms with Gasteiger partial charge < -0.3 is 14.9 Å². The Hall–Kier alpha value is -2.15. The number of benzene rings is 1. The van der Waals surface area contributed by atoms with Crippen molar-refractivity contribution in [1.82, 2.24) is 14.7 Å². The molecule has 1 N–H and O–H groups in total. The summed E-state index contributed by atoms with van der Waals surface area (Å²) in [5.74, 6) is -0.203. The van der Waals surface area contributed by atoms with Gasteiger partial charge in [-0.2, -0.15) is 0 Å². The summed E-state index contributed by atoms with van der Waals surface area (Å²) >= 11 is 0. The van der Waals surface area contributed by atoms with Crippen LogP contribution in [0.3, 0.4) is 0 Å². The van der Waals surface area contributed by atoms with Gasteiger partial charge in [-0.25, -0.2) is 9.18 Å². The SMILES string of the molecule is CC(=O)N1CCN(C2CCN(C(=O)O)C(c3ccc(F)cc3C)C2)CC1. The number of piperidine rings is 1. The molecule has 2 unspecified atom stereocenters. The number of carbonyl (C=O) groups excluding carboxylic acids is 1. The number of halogens is 1. The average Bonchev–Trinajstić information content (AvgIpc) is 2.61. The molecule has 2 atom stereocenters. The largest absolute Gasteiger partial charge is 0.465 e. The van der Waals surface area contributed by atoms with Gasteiger partial charge >= 0.3 is 6.09 Å². The summed E-state index contributed by atoms with van der Waals surface area (Å²) in [5.41, 5.74) is 1.66. The van der Waals surface area contributed by atoms with Crippen LogP contribution in [0.25, 0.3) is 0 Å². The maximum Gasteiger partial charge on any atom is 0.407 e. The van der Waals surface area contributed by atoms with E-state index in [2.05, 4.69) is 4.90 Å². The number of rotatable bonds is 2. The van der Waals surface area contributed by atoms with Crippen LogP contribution in [0, 0.1) is 12.7 Å². The number of hydrogen-bond acceptors (Lipinski definition) is 3. The number of aryl methyl sites for hydroxylation is 1. The average molecular weight is 363 g/mol. The van der Waals surface area contributed by atoms with Gasteiger partial charge in [0.1, 0.15) is 5.82 Å². The fourth-order valence-corrected chi connectivity index (χ4v) is 4.22. The van der Waals surface area contributed by atoms with Crippen LogP contribution in [0.1, 0.15) is 36.9 Å². The molecule has 1 aromatic rings. The highest BCUT2D eigenvalue weighted by Gasteiger charge is 2.36. The molecule has 0 saturated carbocycles. The fourth-order valence-electron chi connectivity index (χ4n) is 4.22. The monoisotopic (exact) mass is 363 g/mol. The predicted octanol–water partition coefficient (Wildman–Crippen LogP) is 2.48. The molecule has 6 nitrogen and oxygen atoms in total. The van der Waals surface area contributed by atoms with Crippen LogP contribution in [0.4, 0.5) is 9.18 Å². The van der Waals surface area contributed by atoms with Crippen molar-refractivity contribution >= 4 is 12.0 Å². The molecule has 2 aliphatic heterocycles. The summed E-state index contributed by atoms with van der Waals surface area (Å²) in [6, 6.07) is 4.58. The molecular weight excluding hydrogens is 337 g/mol. The third-order valence-electron chi connectivity index (χ3n) is 5.69. The van der Waals surface area contributed by atoms with Gasteiger partial charge in [0.2, 0.25) is 5.91 Å². The highest BCUT2D eigenvalue weighted by Crippen LogP contribution is 2.35. The lowest BCUT2D eigenvalue weighted by molar-refractivity contribution is -0.131. The molecule has 2 fully saturated rings. The van der Waals surface area contributed by atoms with Gasteiger partial charge in [-0.05, 0) is 43.0 Å². The first kappa shape index (κ1) is 18.6. The maximum atomic E-state index is 13.5. The van der Waals surface area contributed by atoms with Crippen LogP contribution in [-0.4, -0.2) is 70.6 Å². The number of likely N-dealkylation sites (tertiary alicyclic amines) is 1. The molecule has 0 spiro atoms. The summed E-state index contributed by atoms with van der Waals surface area (Å²) in [4.78, 5) is 28.9. The normalized spacial score (nSPS) is 24.6. The third kappa shape index (κ3) is 3.82. The molecule has 0 bridgehead atoms. The zero-order chi connectivity index (χ0) is 18.8. The summed E-state index contributed by atoms with van der Waals surface area (Å²) in [5, 5.41) is 9.60. The molecule has 0 aromatic heterocycles. The molecular formula is C19H26FN3O3. The van der Waals surface area contributed by atoms with Crippen LogP contribution in [-0.2, 0) is 4.79 Å². The maximum absolute atomic E-state index is 13.5. The van der Waals surface area contributed by atoms with E-state index in [1.807, 2.05) is 11.8 Å². The predicted molar refractivity (Wildman–Crippen MR) is 95.5 cm³/mol. The summed E-state index contributed by atoms with van der Waals surface area (Å²) in [6.45, 7) is 6.94. The Morgan fingerprint density at radius 2 is 1.85 bits per heavy atom. The van der Waals surface area contributed by atoms with Crippen molar-refractivity contribution in [2.24, 2.45) is 0 Å². The van der Waals surface area contributed by atoms with E-state index in [9.17, 15) is 19.1 Å². The molecule has 2 heterocycles. The van der Waals surface area contributed by atoms with Gasteiger partial charge in [-0.15, -0.1) is 0 Å². The van der Waals surface area contributed by atoms with E-state index >= 15 is 0 Å². The number of nitrogens with zero attached hydrogens (tertiary/aromatic N) is 3. The van der Waals surface area contributed by atoms with Crippen LogP contribution in [0.5, 0.6) is 0 Å². The second-order valence-corrected chi connectivity index (χ2v) is 7.21. The summed E-state index contributed by atoms with van der Waals surface area (Å²) in [6.07, 6.45) is 0.542. The van der Waals surface area contributed by atoms with E-state index in [0.717, 1.165) is 30.6 Å². The van der Waals surface area contributed by atoms with Gasteiger partial charge in [0.25, 0.3) is 0 Å². The van der Waals surface area contributed by atoms with Crippen LogP contribution >= 0.6 is 0 Å². The molecule has 2 saturated heterocycles. The lowest BCUT2D eigenvalue weighted by atomic mass is 9.88. The summed E-state index contributed by atoms with van der Waals surface area (Å²) in [7, 11) is 0. The molecule has 26 heavy (non-hydrogen) atoms. The molecule has 2 aliphatic rings. The molecule has 3 rings (SSSR count). The minimum absolute atomic E-state index is 0.102. The van der Waals surface area contributed by atoms with E-state index in [1.54, 1.807) is 13.0 Å². The molecule has 7 heteroatoms. The van der Waals surface area contributed by atoms with E-state index in [0.29, 0.717) is 26.1 Å². The van der Waals surface area contributed by atoms with Crippen molar-refractivity contribution < 1.29 is 19.1 Å². The van der Waals surface area contributed by atoms with Gasteiger partial charge in [0.15, 0.2) is 0 Å². The van der Waals surface area contributed by atoms with Gasteiger partial charge in [0, 0.05) is 45.7 Å². The highest BCUT2D eigenvalue weighted by atomic mass is 19.1. The number of amides is 2. The van der Waals surface area contributed by atoms with Crippen molar-refractivity contribution in [2.75, 3.05) is 32.7 Å². The second kappa shape index (κ2) is 7.61. The standard InChI is InChI=1S/C19H26FN3O3/c1-13-11-15(20)3-4-17(13)18-12-16(5-6-23(18)19(25)26)22-9-7-21(8-10-22)14(2)24/h3-4,11,16,18H,5-10,12H2,1-2H3,(H,25,26). The zero-order valence-electron chi connectivity index (χ0n) is 15.3. The Labute approximate surface area is 153 Å². The highest BCUT2D eigenvalue weighted by molar-refractivity contribution is 5.73. The minimum Gasteiger partial charge on any atom is -0.465 e. The first-order chi connectivity index (χ1) is 12.4. The minimum atomic E-state index is -0.932. The first-order valence-corrected chi connectivity index (χ1v) is 9.12. The van der Waals surface area contributed by atoms with Gasteiger partial charge in [-0.3, -0.25) is 9.69 Å². The lowest BCUT2D eigenvalue weighted by Gasteiger charge is -2.45. The molecule has 1 aromatic carbocycles. The Balaban J connectivity index is 1.76. The molecule has 0 radical (unpaired) electrons. The molecule has 142 valence electrons. The van der Waals surface area contributed by atoms with Crippen LogP contribution in [0.2, 0.25) is 0 Å².